The number of aromatic nitrogens is 1. The number of nitrogens with one attached hydrogen (secondary N) is 2. The smallest absolute Gasteiger partial charge is 0.220 e. The van der Waals surface area contributed by atoms with Gasteiger partial charge in [-0.1, -0.05) is 0 Å². The Bertz CT molecular complexity index is 1030. The standard InChI is InChI=1S/C22H23F2N3O2/c1-27-11-19(20(28)12-27)25-21(29)9-7-16-17-10-15(24)6-8-18(17)26-22(16)13-2-4-14(23)5-3-13/h2-6,8,10,19-20,26,28H,7,9,11-12H2,1H3,(H,25,29)/t19-,20-/m1/s1. The molecule has 5 nitrogen and oxygen atoms in total. The average Bonchev–Trinajstić information content (AvgIpc) is 3.19. The zero-order valence-corrected chi connectivity index (χ0v) is 16.1. The lowest BCUT2D eigenvalue weighted by Crippen LogP contribution is -2.42. The number of hydrogen-bond donors (Lipinski definition) is 3. The minimum atomic E-state index is -0.582. The van der Waals surface area contributed by atoms with E-state index in [2.05, 4.69) is 10.3 Å². The molecular weight excluding hydrogens is 376 g/mol. The topological polar surface area (TPSA) is 68.4 Å². The number of aromatic amines is 1. The molecule has 152 valence electrons. The number of likely N-dealkylation sites (N-methyl/N-ethyl adjacent to an activating group) is 1. The maximum atomic E-state index is 13.9. The molecule has 0 radical (unpaired) electrons. The Kier molecular flexibility index (Phi) is 5.34. The quantitative estimate of drug-likeness (QED) is 0.618. The number of β-amino-alcohol motifs (C(OH)–C–C–N with tert-alkyl or cyclic N) is 1. The van der Waals surface area contributed by atoms with Crippen molar-refractivity contribution in [2.45, 2.75) is 25.0 Å². The molecule has 3 N–H and O–H groups in total. The van der Waals surface area contributed by atoms with Crippen molar-refractivity contribution in [3.8, 4) is 11.3 Å². The van der Waals surface area contributed by atoms with Gasteiger partial charge in [-0.05, 0) is 67.1 Å². The number of hydrogen-bond acceptors (Lipinski definition) is 3. The highest BCUT2D eigenvalue weighted by atomic mass is 19.1. The molecule has 1 aromatic heterocycles. The number of H-pyrrole nitrogens is 1. The predicted octanol–water partition coefficient (Wildman–Crippen LogP) is 2.84. The van der Waals surface area contributed by atoms with Gasteiger partial charge in [-0.25, -0.2) is 8.78 Å². The lowest BCUT2D eigenvalue weighted by Gasteiger charge is -2.15. The second-order valence-corrected chi connectivity index (χ2v) is 7.64. The highest BCUT2D eigenvalue weighted by Crippen LogP contribution is 2.32. The molecule has 2 heterocycles. The van der Waals surface area contributed by atoms with Gasteiger partial charge in [0.2, 0.25) is 5.91 Å². The third-order valence-corrected chi connectivity index (χ3v) is 5.42. The first kappa shape index (κ1) is 19.5. The highest BCUT2D eigenvalue weighted by Gasteiger charge is 2.30. The van der Waals surface area contributed by atoms with Crippen molar-refractivity contribution in [3.05, 3.63) is 59.7 Å². The molecular formula is C22H23F2N3O2. The fraction of sp³-hybridized carbons (Fsp3) is 0.318. The number of nitrogens with zero attached hydrogens (tertiary/aromatic N) is 1. The Balaban J connectivity index is 1.58. The van der Waals surface area contributed by atoms with E-state index in [0.717, 1.165) is 22.3 Å². The largest absolute Gasteiger partial charge is 0.390 e. The minimum Gasteiger partial charge on any atom is -0.390 e. The third kappa shape index (κ3) is 4.16. The Morgan fingerprint density at radius 3 is 2.59 bits per heavy atom. The molecule has 2 aromatic carbocycles. The summed E-state index contributed by atoms with van der Waals surface area (Å²) in [6.07, 6.45) is 0.00605. The summed E-state index contributed by atoms with van der Waals surface area (Å²) in [5.74, 6) is -0.859. The second-order valence-electron chi connectivity index (χ2n) is 7.64. The molecule has 29 heavy (non-hydrogen) atoms. The van der Waals surface area contributed by atoms with Gasteiger partial charge in [0.25, 0.3) is 0 Å². The van der Waals surface area contributed by atoms with Crippen LogP contribution in [0.25, 0.3) is 22.2 Å². The molecule has 3 aromatic rings. The van der Waals surface area contributed by atoms with Crippen LogP contribution in [-0.4, -0.2) is 53.2 Å². The van der Waals surface area contributed by atoms with E-state index in [-0.39, 0.29) is 30.0 Å². The molecule has 0 bridgehead atoms. The molecule has 0 aliphatic carbocycles. The number of carbonyl (C=O) groups is 1. The number of benzene rings is 2. The van der Waals surface area contributed by atoms with E-state index in [1.54, 1.807) is 18.2 Å². The Hall–Kier alpha value is -2.77. The van der Waals surface area contributed by atoms with Crippen LogP contribution in [0.5, 0.6) is 0 Å². The maximum absolute atomic E-state index is 13.9. The van der Waals surface area contributed by atoms with E-state index < -0.39 is 6.10 Å². The lowest BCUT2D eigenvalue weighted by molar-refractivity contribution is -0.122. The van der Waals surface area contributed by atoms with Crippen molar-refractivity contribution < 1.29 is 18.7 Å². The number of fused-ring (bicyclic) bond motifs is 1. The molecule has 0 spiro atoms. The minimum absolute atomic E-state index is 0.167. The van der Waals surface area contributed by atoms with E-state index in [1.807, 2.05) is 11.9 Å². The SMILES string of the molecule is CN1C[C@@H](O)[C@H](NC(=O)CCc2c(-c3ccc(F)cc3)[nH]c3ccc(F)cc23)C1. The van der Waals surface area contributed by atoms with Crippen LogP contribution >= 0.6 is 0 Å². The van der Waals surface area contributed by atoms with Crippen molar-refractivity contribution in [1.29, 1.82) is 0 Å². The summed E-state index contributed by atoms with van der Waals surface area (Å²) in [7, 11) is 1.89. The number of carbonyl (C=O) groups excluding carboxylic acids is 1. The summed E-state index contributed by atoms with van der Waals surface area (Å²) in [6.45, 7) is 1.13. The number of halogens is 2. The summed E-state index contributed by atoms with van der Waals surface area (Å²) in [4.78, 5) is 17.7. The Morgan fingerprint density at radius 1 is 1.17 bits per heavy atom. The summed E-state index contributed by atoms with van der Waals surface area (Å²) in [6, 6.07) is 10.3. The predicted molar refractivity (Wildman–Crippen MR) is 107 cm³/mol. The van der Waals surface area contributed by atoms with E-state index in [9.17, 15) is 18.7 Å². The number of aliphatic hydroxyl groups excluding tert-OH is 1. The molecule has 0 saturated carbocycles. The maximum Gasteiger partial charge on any atom is 0.220 e. The van der Waals surface area contributed by atoms with Gasteiger partial charge in [0.15, 0.2) is 0 Å². The molecule has 1 fully saturated rings. The van der Waals surface area contributed by atoms with Crippen LogP contribution in [0.1, 0.15) is 12.0 Å². The Morgan fingerprint density at radius 2 is 1.90 bits per heavy atom. The van der Waals surface area contributed by atoms with Crippen molar-refractivity contribution in [2.75, 3.05) is 20.1 Å². The van der Waals surface area contributed by atoms with Crippen LogP contribution in [-0.2, 0) is 11.2 Å². The first-order chi connectivity index (χ1) is 13.9. The van der Waals surface area contributed by atoms with Crippen molar-refractivity contribution in [1.82, 2.24) is 15.2 Å². The average molecular weight is 399 g/mol. The normalized spacial score (nSPS) is 19.7. The molecule has 0 unspecified atom stereocenters. The highest BCUT2D eigenvalue weighted by molar-refractivity contribution is 5.91. The van der Waals surface area contributed by atoms with Crippen molar-refractivity contribution >= 4 is 16.8 Å². The lowest BCUT2D eigenvalue weighted by atomic mass is 10.0. The first-order valence-electron chi connectivity index (χ1n) is 9.62. The van der Waals surface area contributed by atoms with E-state index in [1.165, 1.54) is 24.3 Å². The van der Waals surface area contributed by atoms with Crippen LogP contribution < -0.4 is 5.32 Å². The number of amides is 1. The van der Waals surface area contributed by atoms with Gasteiger partial charge in [-0.15, -0.1) is 0 Å². The number of aryl methyl sites for hydroxylation is 1. The molecule has 7 heteroatoms. The van der Waals surface area contributed by atoms with Gasteiger partial charge in [0, 0.05) is 36.1 Å². The fourth-order valence-electron chi connectivity index (χ4n) is 3.98. The third-order valence-electron chi connectivity index (χ3n) is 5.42. The molecule has 1 aliphatic rings. The monoisotopic (exact) mass is 399 g/mol. The molecule has 1 amide bonds. The van der Waals surface area contributed by atoms with Gasteiger partial charge in [-0.3, -0.25) is 4.79 Å². The second kappa shape index (κ2) is 7.93. The van der Waals surface area contributed by atoms with Gasteiger partial charge < -0.3 is 20.3 Å². The van der Waals surface area contributed by atoms with Gasteiger partial charge in [0.1, 0.15) is 11.6 Å². The molecule has 1 aliphatic heterocycles. The van der Waals surface area contributed by atoms with E-state index in [0.29, 0.717) is 24.9 Å². The Labute approximate surface area is 167 Å². The summed E-state index contributed by atoms with van der Waals surface area (Å²) in [5.41, 5.74) is 3.09. The molecule has 1 saturated heterocycles. The zero-order valence-electron chi connectivity index (χ0n) is 16.1. The molecule has 2 atom stereocenters. The van der Waals surface area contributed by atoms with Crippen LogP contribution in [0.15, 0.2) is 42.5 Å². The first-order valence-corrected chi connectivity index (χ1v) is 9.62. The molecule has 4 rings (SSSR count). The van der Waals surface area contributed by atoms with Crippen molar-refractivity contribution in [2.24, 2.45) is 0 Å². The van der Waals surface area contributed by atoms with Crippen molar-refractivity contribution in [3.63, 3.8) is 0 Å². The fourth-order valence-corrected chi connectivity index (χ4v) is 3.98. The van der Waals surface area contributed by atoms with Crippen LogP contribution in [0.2, 0.25) is 0 Å². The summed E-state index contributed by atoms with van der Waals surface area (Å²) >= 11 is 0. The number of aliphatic hydroxyl groups is 1. The van der Waals surface area contributed by atoms with Crippen LogP contribution in [0, 0.1) is 11.6 Å². The number of rotatable bonds is 5. The van der Waals surface area contributed by atoms with Gasteiger partial charge >= 0.3 is 0 Å². The van der Waals surface area contributed by atoms with Crippen LogP contribution in [0.3, 0.4) is 0 Å². The zero-order chi connectivity index (χ0) is 20.5. The summed E-state index contributed by atoms with van der Waals surface area (Å²) < 4.78 is 27.2. The van der Waals surface area contributed by atoms with E-state index >= 15 is 0 Å². The van der Waals surface area contributed by atoms with Crippen LogP contribution in [0.4, 0.5) is 8.78 Å². The number of likely N-dealkylation sites (tertiary alicyclic amines) is 1. The van der Waals surface area contributed by atoms with Gasteiger partial charge in [0.05, 0.1) is 12.1 Å². The summed E-state index contributed by atoms with van der Waals surface area (Å²) in [5, 5.41) is 13.6. The van der Waals surface area contributed by atoms with Gasteiger partial charge in [-0.2, -0.15) is 0 Å². The van der Waals surface area contributed by atoms with E-state index in [4.69, 9.17) is 0 Å².